The van der Waals surface area contributed by atoms with Crippen LogP contribution >= 0.6 is 0 Å². The number of carbonyl (C=O) groups excluding carboxylic acids is 1. The van der Waals surface area contributed by atoms with Gasteiger partial charge in [0.2, 0.25) is 0 Å². The minimum Gasteiger partial charge on any atom is -0.484 e. The monoisotopic (exact) mass is 298 g/mol. The zero-order valence-corrected chi connectivity index (χ0v) is 11.0. The van der Waals surface area contributed by atoms with Gasteiger partial charge in [-0.05, 0) is 12.1 Å². The molecule has 114 valence electrons. The largest absolute Gasteiger partial charge is 0.484 e. The van der Waals surface area contributed by atoms with Crippen molar-refractivity contribution in [1.82, 2.24) is 5.32 Å². The predicted octanol–water partition coefficient (Wildman–Crippen LogP) is 0.191. The molecule has 1 amide bonds. The van der Waals surface area contributed by atoms with Crippen molar-refractivity contribution in [3.8, 4) is 5.75 Å². The van der Waals surface area contributed by atoms with Crippen LogP contribution in [-0.2, 0) is 14.3 Å². The molecule has 9 heteroatoms. The molecule has 0 saturated heterocycles. The van der Waals surface area contributed by atoms with E-state index in [1.165, 1.54) is 24.3 Å². The Morgan fingerprint density at radius 3 is 2.48 bits per heavy atom. The van der Waals surface area contributed by atoms with Gasteiger partial charge in [-0.15, -0.1) is 0 Å². The molecule has 1 aromatic rings. The van der Waals surface area contributed by atoms with Crippen molar-refractivity contribution in [3.05, 3.63) is 34.4 Å². The van der Waals surface area contributed by atoms with E-state index >= 15 is 0 Å². The van der Waals surface area contributed by atoms with Gasteiger partial charge >= 0.3 is 5.97 Å². The van der Waals surface area contributed by atoms with Crippen molar-refractivity contribution in [3.63, 3.8) is 0 Å². The van der Waals surface area contributed by atoms with Gasteiger partial charge in [-0.3, -0.25) is 14.9 Å². The lowest BCUT2D eigenvalue weighted by Crippen LogP contribution is -2.32. The lowest BCUT2D eigenvalue weighted by atomic mass is 10.3. The molecule has 0 unspecified atom stereocenters. The minimum absolute atomic E-state index is 0.0672. The first-order chi connectivity index (χ1) is 9.99. The number of nitro groups is 1. The summed E-state index contributed by atoms with van der Waals surface area (Å²) < 4.78 is 9.85. The maximum Gasteiger partial charge on any atom is 0.329 e. The number of aliphatic carboxylic acids is 1. The standard InChI is InChI=1S/C12H14N2O7/c15-11(13-5-6-20-8-12(16)17)7-21-10-3-1-9(2-4-10)14(18)19/h1-4H,5-8H2,(H,13,15)(H,16,17). The highest BCUT2D eigenvalue weighted by atomic mass is 16.6. The number of nitrogens with zero attached hydrogens (tertiary/aromatic N) is 1. The molecule has 1 rings (SSSR count). The van der Waals surface area contributed by atoms with Crippen LogP contribution in [0.15, 0.2) is 24.3 Å². The van der Waals surface area contributed by atoms with E-state index in [-0.39, 0.29) is 25.4 Å². The fourth-order valence-corrected chi connectivity index (χ4v) is 1.29. The zero-order valence-electron chi connectivity index (χ0n) is 11.0. The molecule has 0 spiro atoms. The summed E-state index contributed by atoms with van der Waals surface area (Å²) >= 11 is 0. The van der Waals surface area contributed by atoms with Gasteiger partial charge in [0.1, 0.15) is 12.4 Å². The van der Waals surface area contributed by atoms with Crippen molar-refractivity contribution in [2.75, 3.05) is 26.4 Å². The number of amides is 1. The normalized spacial score (nSPS) is 9.90. The van der Waals surface area contributed by atoms with Crippen molar-refractivity contribution in [2.45, 2.75) is 0 Å². The number of benzene rings is 1. The quantitative estimate of drug-likeness (QED) is 0.378. The maximum absolute atomic E-state index is 11.4. The number of carboxylic acid groups (broad SMARTS) is 1. The number of non-ortho nitro benzene ring substituents is 1. The first kappa shape index (κ1) is 16.4. The predicted molar refractivity (Wildman–Crippen MR) is 70.1 cm³/mol. The van der Waals surface area contributed by atoms with Crippen LogP contribution in [0.4, 0.5) is 5.69 Å². The van der Waals surface area contributed by atoms with Crippen molar-refractivity contribution >= 4 is 17.6 Å². The molecule has 2 N–H and O–H groups in total. The van der Waals surface area contributed by atoms with Crippen LogP contribution in [0.25, 0.3) is 0 Å². The smallest absolute Gasteiger partial charge is 0.329 e. The average Bonchev–Trinajstić information content (AvgIpc) is 2.44. The number of carboxylic acids is 1. The number of hydrogen-bond donors (Lipinski definition) is 2. The Hall–Kier alpha value is -2.68. The maximum atomic E-state index is 11.4. The number of rotatable bonds is 9. The highest BCUT2D eigenvalue weighted by molar-refractivity contribution is 5.77. The van der Waals surface area contributed by atoms with Gasteiger partial charge in [0.25, 0.3) is 11.6 Å². The molecular weight excluding hydrogens is 284 g/mol. The van der Waals surface area contributed by atoms with E-state index in [1.807, 2.05) is 0 Å². The Morgan fingerprint density at radius 1 is 1.24 bits per heavy atom. The summed E-state index contributed by atoms with van der Waals surface area (Å²) in [5, 5.41) is 21.2. The van der Waals surface area contributed by atoms with E-state index in [1.54, 1.807) is 0 Å². The van der Waals surface area contributed by atoms with E-state index < -0.39 is 23.4 Å². The van der Waals surface area contributed by atoms with Gasteiger partial charge in [-0.1, -0.05) is 0 Å². The van der Waals surface area contributed by atoms with Crippen LogP contribution in [0.3, 0.4) is 0 Å². The Bertz CT molecular complexity index is 501. The summed E-state index contributed by atoms with van der Waals surface area (Å²) in [6.45, 7) is -0.433. The summed E-state index contributed by atoms with van der Waals surface area (Å²) in [6.07, 6.45) is 0. The summed E-state index contributed by atoms with van der Waals surface area (Å²) in [4.78, 5) is 31.4. The van der Waals surface area contributed by atoms with Crippen LogP contribution in [0.5, 0.6) is 5.75 Å². The average molecular weight is 298 g/mol. The molecule has 0 aliphatic carbocycles. The Balaban J connectivity index is 2.20. The molecule has 0 aromatic heterocycles. The van der Waals surface area contributed by atoms with Crippen LogP contribution in [0.2, 0.25) is 0 Å². The third-order valence-electron chi connectivity index (χ3n) is 2.21. The van der Waals surface area contributed by atoms with Crippen LogP contribution in [0, 0.1) is 10.1 Å². The molecule has 0 atom stereocenters. The van der Waals surface area contributed by atoms with Crippen molar-refractivity contribution < 1.29 is 29.1 Å². The summed E-state index contributed by atoms with van der Waals surface area (Å²) in [6, 6.07) is 5.32. The van der Waals surface area contributed by atoms with E-state index in [0.29, 0.717) is 5.75 Å². The SMILES string of the molecule is O=C(O)COCCNC(=O)COc1ccc([N+](=O)[O-])cc1. The number of hydrogen-bond acceptors (Lipinski definition) is 6. The van der Waals surface area contributed by atoms with Crippen LogP contribution in [0.1, 0.15) is 0 Å². The van der Waals surface area contributed by atoms with Gasteiger partial charge in [-0.25, -0.2) is 4.79 Å². The number of nitro benzene ring substituents is 1. The van der Waals surface area contributed by atoms with E-state index in [9.17, 15) is 19.7 Å². The zero-order chi connectivity index (χ0) is 15.7. The van der Waals surface area contributed by atoms with E-state index in [2.05, 4.69) is 5.32 Å². The van der Waals surface area contributed by atoms with Gasteiger partial charge in [-0.2, -0.15) is 0 Å². The molecular formula is C12H14N2O7. The lowest BCUT2D eigenvalue weighted by Gasteiger charge is -2.07. The topological polar surface area (TPSA) is 128 Å². The first-order valence-electron chi connectivity index (χ1n) is 5.92. The summed E-state index contributed by atoms with van der Waals surface area (Å²) in [5.41, 5.74) is -0.0672. The third kappa shape index (κ3) is 6.87. The Labute approximate surface area is 119 Å². The van der Waals surface area contributed by atoms with Gasteiger partial charge in [0.15, 0.2) is 6.61 Å². The summed E-state index contributed by atoms with van der Waals surface area (Å²) in [7, 11) is 0. The molecule has 1 aromatic carbocycles. The van der Waals surface area contributed by atoms with Gasteiger partial charge < -0.3 is 19.9 Å². The van der Waals surface area contributed by atoms with Gasteiger partial charge in [0.05, 0.1) is 11.5 Å². The number of ether oxygens (including phenoxy) is 2. The molecule has 21 heavy (non-hydrogen) atoms. The van der Waals surface area contributed by atoms with Gasteiger partial charge in [0, 0.05) is 18.7 Å². The fourth-order valence-electron chi connectivity index (χ4n) is 1.29. The molecule has 9 nitrogen and oxygen atoms in total. The minimum atomic E-state index is -1.08. The Morgan fingerprint density at radius 2 is 1.90 bits per heavy atom. The number of carbonyl (C=O) groups is 2. The van der Waals surface area contributed by atoms with Crippen molar-refractivity contribution in [1.29, 1.82) is 0 Å². The van der Waals surface area contributed by atoms with Crippen LogP contribution < -0.4 is 10.1 Å². The molecule has 0 saturated carbocycles. The molecule has 0 radical (unpaired) electrons. The highest BCUT2D eigenvalue weighted by Gasteiger charge is 2.06. The molecule has 0 heterocycles. The Kier molecular flexibility index (Phi) is 6.61. The van der Waals surface area contributed by atoms with E-state index in [0.717, 1.165) is 0 Å². The molecule has 0 bridgehead atoms. The van der Waals surface area contributed by atoms with Crippen LogP contribution in [-0.4, -0.2) is 48.3 Å². The summed E-state index contributed by atoms with van der Waals surface area (Å²) in [5.74, 6) is -1.16. The second kappa shape index (κ2) is 8.48. The number of nitrogens with one attached hydrogen (secondary N) is 1. The molecule has 0 aliphatic heterocycles. The fraction of sp³-hybridized carbons (Fsp3) is 0.333. The lowest BCUT2D eigenvalue weighted by molar-refractivity contribution is -0.384. The first-order valence-corrected chi connectivity index (χ1v) is 5.92. The second-order valence-corrected chi connectivity index (χ2v) is 3.84. The second-order valence-electron chi connectivity index (χ2n) is 3.84. The third-order valence-corrected chi connectivity index (χ3v) is 2.21. The molecule has 0 fully saturated rings. The highest BCUT2D eigenvalue weighted by Crippen LogP contribution is 2.16. The van der Waals surface area contributed by atoms with Crippen molar-refractivity contribution in [2.24, 2.45) is 0 Å². The molecule has 0 aliphatic rings. The van der Waals surface area contributed by atoms with E-state index in [4.69, 9.17) is 14.6 Å².